The molecule has 0 aromatic heterocycles. The SMILES string of the molecule is CC(CNC(=O)NC(=O)/C=C/C(=O)O)N1CCCC1. The molecule has 1 fully saturated rings. The molecule has 1 saturated heterocycles. The molecule has 3 amide bonds. The van der Waals surface area contributed by atoms with Crippen molar-refractivity contribution in [3.63, 3.8) is 0 Å². The van der Waals surface area contributed by atoms with Gasteiger partial charge < -0.3 is 10.4 Å². The predicted molar refractivity (Wildman–Crippen MR) is 68.6 cm³/mol. The summed E-state index contributed by atoms with van der Waals surface area (Å²) in [4.78, 5) is 34.9. The van der Waals surface area contributed by atoms with E-state index in [-0.39, 0.29) is 6.04 Å². The Labute approximate surface area is 111 Å². The molecule has 0 bridgehead atoms. The monoisotopic (exact) mass is 269 g/mol. The number of imide groups is 1. The van der Waals surface area contributed by atoms with Crippen molar-refractivity contribution in [3.8, 4) is 0 Å². The largest absolute Gasteiger partial charge is 0.478 e. The smallest absolute Gasteiger partial charge is 0.328 e. The second-order valence-electron chi connectivity index (χ2n) is 4.46. The molecule has 19 heavy (non-hydrogen) atoms. The Balaban J connectivity index is 2.23. The van der Waals surface area contributed by atoms with Crippen molar-refractivity contribution in [1.29, 1.82) is 0 Å². The summed E-state index contributed by atoms with van der Waals surface area (Å²) in [6, 6.07) is -0.399. The van der Waals surface area contributed by atoms with E-state index in [0.717, 1.165) is 19.2 Å². The number of aliphatic carboxylic acids is 1. The van der Waals surface area contributed by atoms with Crippen LogP contribution in [0.25, 0.3) is 0 Å². The number of hydrogen-bond acceptors (Lipinski definition) is 4. The summed E-state index contributed by atoms with van der Waals surface area (Å²) in [7, 11) is 0. The first kappa shape index (κ1) is 15.2. The van der Waals surface area contributed by atoms with Crippen molar-refractivity contribution >= 4 is 17.9 Å². The third-order valence-corrected chi connectivity index (χ3v) is 2.94. The molecule has 0 radical (unpaired) electrons. The van der Waals surface area contributed by atoms with Gasteiger partial charge in [0.2, 0.25) is 0 Å². The minimum Gasteiger partial charge on any atom is -0.478 e. The first-order valence-electron chi connectivity index (χ1n) is 6.23. The molecule has 0 saturated carbocycles. The summed E-state index contributed by atoms with van der Waals surface area (Å²) in [6.45, 7) is 4.52. The number of nitrogens with zero attached hydrogens (tertiary/aromatic N) is 1. The Hall–Kier alpha value is -1.89. The lowest BCUT2D eigenvalue weighted by Gasteiger charge is -2.23. The lowest BCUT2D eigenvalue weighted by molar-refractivity contribution is -0.131. The standard InChI is InChI=1S/C12H19N3O4/c1-9(15-6-2-3-7-15)8-13-12(19)14-10(16)4-5-11(17)18/h4-5,9H,2-3,6-8H2,1H3,(H,17,18)(H2,13,14,16,19)/b5-4+. The lowest BCUT2D eigenvalue weighted by atomic mass is 10.3. The van der Waals surface area contributed by atoms with Gasteiger partial charge in [0.25, 0.3) is 5.91 Å². The van der Waals surface area contributed by atoms with Gasteiger partial charge in [0, 0.05) is 24.7 Å². The van der Waals surface area contributed by atoms with Gasteiger partial charge in [0.1, 0.15) is 0 Å². The van der Waals surface area contributed by atoms with E-state index in [1.807, 2.05) is 12.2 Å². The van der Waals surface area contributed by atoms with Crippen molar-refractivity contribution in [2.75, 3.05) is 19.6 Å². The van der Waals surface area contributed by atoms with Crippen LogP contribution in [0.15, 0.2) is 12.2 Å². The Bertz CT molecular complexity index is 375. The molecule has 1 unspecified atom stereocenters. The van der Waals surface area contributed by atoms with Crippen LogP contribution < -0.4 is 10.6 Å². The molecule has 1 aliphatic heterocycles. The maximum atomic E-state index is 11.4. The van der Waals surface area contributed by atoms with E-state index in [1.54, 1.807) is 0 Å². The zero-order valence-electron chi connectivity index (χ0n) is 10.9. The van der Waals surface area contributed by atoms with Gasteiger partial charge in [0.15, 0.2) is 0 Å². The summed E-state index contributed by atoms with van der Waals surface area (Å²) < 4.78 is 0. The number of urea groups is 1. The van der Waals surface area contributed by atoms with Crippen LogP contribution in [0.1, 0.15) is 19.8 Å². The van der Waals surface area contributed by atoms with E-state index in [1.165, 1.54) is 12.8 Å². The molecule has 0 aromatic rings. The Morgan fingerprint density at radius 1 is 1.26 bits per heavy atom. The quantitative estimate of drug-likeness (QED) is 0.607. The fourth-order valence-electron chi connectivity index (χ4n) is 1.90. The zero-order valence-corrected chi connectivity index (χ0v) is 10.9. The summed E-state index contributed by atoms with van der Waals surface area (Å²) in [5.41, 5.74) is 0. The van der Waals surface area contributed by atoms with Gasteiger partial charge in [-0.3, -0.25) is 15.0 Å². The predicted octanol–water partition coefficient (Wildman–Crippen LogP) is -0.0627. The molecule has 1 atom stereocenters. The van der Waals surface area contributed by atoms with E-state index in [4.69, 9.17) is 5.11 Å². The van der Waals surface area contributed by atoms with Crippen LogP contribution in [-0.2, 0) is 9.59 Å². The number of amides is 3. The number of carboxylic acids is 1. The highest BCUT2D eigenvalue weighted by Crippen LogP contribution is 2.10. The van der Waals surface area contributed by atoms with Crippen LogP contribution in [0.2, 0.25) is 0 Å². The zero-order chi connectivity index (χ0) is 14.3. The number of carbonyl (C=O) groups excluding carboxylic acids is 2. The van der Waals surface area contributed by atoms with Crippen molar-refractivity contribution in [2.24, 2.45) is 0 Å². The van der Waals surface area contributed by atoms with E-state index < -0.39 is 17.9 Å². The summed E-state index contributed by atoms with van der Waals surface area (Å²) in [5, 5.41) is 12.9. The third kappa shape index (κ3) is 6.01. The second kappa shape index (κ2) is 7.52. The molecule has 1 heterocycles. The topological polar surface area (TPSA) is 98.7 Å². The molecule has 0 aliphatic carbocycles. The average Bonchev–Trinajstić information content (AvgIpc) is 2.87. The molecule has 0 spiro atoms. The molecular formula is C12H19N3O4. The number of carboxylic acid groups (broad SMARTS) is 1. The minimum atomic E-state index is -1.24. The van der Waals surface area contributed by atoms with Gasteiger partial charge in [-0.05, 0) is 32.9 Å². The third-order valence-electron chi connectivity index (χ3n) is 2.94. The molecule has 7 heteroatoms. The highest BCUT2D eigenvalue weighted by atomic mass is 16.4. The van der Waals surface area contributed by atoms with Gasteiger partial charge in [-0.15, -0.1) is 0 Å². The Morgan fingerprint density at radius 2 is 1.89 bits per heavy atom. The highest BCUT2D eigenvalue weighted by molar-refractivity contribution is 6.02. The van der Waals surface area contributed by atoms with Crippen molar-refractivity contribution in [1.82, 2.24) is 15.5 Å². The highest BCUT2D eigenvalue weighted by Gasteiger charge is 2.18. The van der Waals surface area contributed by atoms with Crippen LogP contribution in [0.4, 0.5) is 4.79 Å². The van der Waals surface area contributed by atoms with Gasteiger partial charge in [-0.2, -0.15) is 0 Å². The minimum absolute atomic E-state index is 0.220. The summed E-state index contributed by atoms with van der Waals surface area (Å²) >= 11 is 0. The number of rotatable bonds is 5. The molecule has 7 nitrogen and oxygen atoms in total. The van der Waals surface area contributed by atoms with Crippen molar-refractivity contribution in [2.45, 2.75) is 25.8 Å². The number of likely N-dealkylation sites (tertiary alicyclic amines) is 1. The maximum Gasteiger partial charge on any atom is 0.328 e. The summed E-state index contributed by atoms with van der Waals surface area (Å²) in [6.07, 6.45) is 3.82. The molecule has 0 aromatic carbocycles. The van der Waals surface area contributed by atoms with Crippen molar-refractivity contribution < 1.29 is 19.5 Å². The van der Waals surface area contributed by atoms with Crippen LogP contribution in [0, 0.1) is 0 Å². The van der Waals surface area contributed by atoms with E-state index >= 15 is 0 Å². The molecule has 106 valence electrons. The van der Waals surface area contributed by atoms with Crippen LogP contribution in [0.5, 0.6) is 0 Å². The van der Waals surface area contributed by atoms with Crippen LogP contribution in [-0.4, -0.2) is 53.6 Å². The van der Waals surface area contributed by atoms with Crippen LogP contribution in [0.3, 0.4) is 0 Å². The van der Waals surface area contributed by atoms with Gasteiger partial charge in [0.05, 0.1) is 0 Å². The first-order chi connectivity index (χ1) is 8.99. The second-order valence-corrected chi connectivity index (χ2v) is 4.46. The average molecular weight is 269 g/mol. The van der Waals surface area contributed by atoms with Crippen LogP contribution >= 0.6 is 0 Å². The number of hydrogen-bond donors (Lipinski definition) is 3. The fourth-order valence-corrected chi connectivity index (χ4v) is 1.90. The fraction of sp³-hybridized carbons (Fsp3) is 0.583. The normalized spacial score (nSPS) is 17.3. The lowest BCUT2D eigenvalue weighted by Crippen LogP contribution is -2.45. The van der Waals surface area contributed by atoms with Gasteiger partial charge in [-0.1, -0.05) is 0 Å². The number of nitrogens with one attached hydrogen (secondary N) is 2. The van der Waals surface area contributed by atoms with E-state index in [9.17, 15) is 14.4 Å². The first-order valence-corrected chi connectivity index (χ1v) is 6.23. The van der Waals surface area contributed by atoms with Crippen molar-refractivity contribution in [3.05, 3.63) is 12.2 Å². The summed E-state index contributed by atoms with van der Waals surface area (Å²) in [5.74, 6) is -1.99. The molecular weight excluding hydrogens is 250 g/mol. The Morgan fingerprint density at radius 3 is 2.47 bits per heavy atom. The van der Waals surface area contributed by atoms with Gasteiger partial charge in [-0.25, -0.2) is 9.59 Å². The number of carbonyl (C=O) groups is 3. The maximum absolute atomic E-state index is 11.4. The molecule has 3 N–H and O–H groups in total. The Kier molecular flexibility index (Phi) is 6.01. The molecule has 1 rings (SSSR count). The molecule has 1 aliphatic rings. The van der Waals surface area contributed by atoms with E-state index in [2.05, 4.69) is 10.2 Å². The van der Waals surface area contributed by atoms with Gasteiger partial charge >= 0.3 is 12.0 Å². The van der Waals surface area contributed by atoms with E-state index in [0.29, 0.717) is 12.6 Å².